The topological polar surface area (TPSA) is 35.8 Å². The molecule has 0 aromatic heterocycles. The van der Waals surface area contributed by atoms with E-state index in [1.54, 1.807) is 12.1 Å². The predicted octanol–water partition coefficient (Wildman–Crippen LogP) is 3.37. The molecule has 96 valence electrons. The summed E-state index contributed by atoms with van der Waals surface area (Å²) in [4.78, 5) is 0. The molecule has 0 aliphatic heterocycles. The number of benzene rings is 1. The number of hydrogen-bond acceptors (Lipinski definition) is 2. The molecule has 1 aliphatic carbocycles. The summed E-state index contributed by atoms with van der Waals surface area (Å²) in [6.07, 6.45) is 5.00. The Morgan fingerprint density at radius 2 is 2.06 bits per heavy atom. The molecule has 1 saturated carbocycles. The minimum Gasteiger partial charge on any atom is -0.310 e. The summed E-state index contributed by atoms with van der Waals surface area (Å²) in [5, 5.41) is 12.3. The molecule has 1 aliphatic rings. The lowest BCUT2D eigenvalue weighted by molar-refractivity contribution is 0.306. The van der Waals surface area contributed by atoms with E-state index in [1.807, 2.05) is 6.07 Å². The molecule has 0 heterocycles. The van der Waals surface area contributed by atoms with Crippen molar-refractivity contribution in [3.05, 3.63) is 35.1 Å². The Hall–Kier alpha value is -1.40. The van der Waals surface area contributed by atoms with Crippen molar-refractivity contribution in [3.63, 3.8) is 0 Å². The molecule has 1 N–H and O–H groups in total. The minimum atomic E-state index is -0.437. The van der Waals surface area contributed by atoms with E-state index in [0.29, 0.717) is 12.6 Å². The van der Waals surface area contributed by atoms with Crippen molar-refractivity contribution in [2.75, 3.05) is 0 Å². The molecule has 0 saturated heterocycles. The van der Waals surface area contributed by atoms with Crippen molar-refractivity contribution >= 4 is 0 Å². The van der Waals surface area contributed by atoms with Crippen molar-refractivity contribution in [1.29, 1.82) is 5.26 Å². The van der Waals surface area contributed by atoms with Crippen LogP contribution in [-0.4, -0.2) is 6.04 Å². The van der Waals surface area contributed by atoms with E-state index in [-0.39, 0.29) is 5.56 Å². The molecular weight excluding hydrogens is 227 g/mol. The fraction of sp³-hybridized carbons (Fsp3) is 0.533. The molecule has 0 bridgehead atoms. The first-order valence-electron chi connectivity index (χ1n) is 6.61. The third-order valence-corrected chi connectivity index (χ3v) is 3.76. The smallest absolute Gasteiger partial charge is 0.140 e. The molecule has 0 atom stereocenters. The van der Waals surface area contributed by atoms with Crippen molar-refractivity contribution in [3.8, 4) is 6.07 Å². The van der Waals surface area contributed by atoms with Crippen LogP contribution < -0.4 is 5.32 Å². The van der Waals surface area contributed by atoms with Crippen LogP contribution in [-0.2, 0) is 6.54 Å². The first kappa shape index (κ1) is 13.0. The van der Waals surface area contributed by atoms with Gasteiger partial charge in [0.1, 0.15) is 11.9 Å². The maximum atomic E-state index is 13.2. The monoisotopic (exact) mass is 246 g/mol. The van der Waals surface area contributed by atoms with Crippen LogP contribution >= 0.6 is 0 Å². The minimum absolute atomic E-state index is 0.131. The number of rotatable bonds is 3. The molecular formula is C15H19FN2. The second-order valence-corrected chi connectivity index (χ2v) is 5.26. The van der Waals surface area contributed by atoms with E-state index in [4.69, 9.17) is 5.26 Å². The molecule has 1 aromatic carbocycles. The highest BCUT2D eigenvalue weighted by molar-refractivity contribution is 5.34. The van der Waals surface area contributed by atoms with Crippen LogP contribution in [0.2, 0.25) is 0 Å². The van der Waals surface area contributed by atoms with Gasteiger partial charge in [0, 0.05) is 12.6 Å². The van der Waals surface area contributed by atoms with E-state index < -0.39 is 5.82 Å². The third-order valence-electron chi connectivity index (χ3n) is 3.76. The average Bonchev–Trinajstić information content (AvgIpc) is 2.39. The van der Waals surface area contributed by atoms with Crippen molar-refractivity contribution in [1.82, 2.24) is 5.32 Å². The van der Waals surface area contributed by atoms with Gasteiger partial charge in [-0.1, -0.05) is 13.0 Å². The fourth-order valence-corrected chi connectivity index (χ4v) is 2.49. The van der Waals surface area contributed by atoms with E-state index in [2.05, 4.69) is 12.2 Å². The standard InChI is InChI=1S/C15H19FN2/c1-11-2-5-14(6-3-11)18-10-12-4-7-15(16)13(8-12)9-17/h4,7-8,11,14,18H,2-3,5-6,10H2,1H3. The van der Waals surface area contributed by atoms with Crippen molar-refractivity contribution < 1.29 is 4.39 Å². The number of hydrogen-bond donors (Lipinski definition) is 1. The normalized spacial score (nSPS) is 23.6. The van der Waals surface area contributed by atoms with Gasteiger partial charge in [-0.2, -0.15) is 5.26 Å². The molecule has 1 aromatic rings. The maximum absolute atomic E-state index is 13.2. The Labute approximate surface area is 108 Å². The quantitative estimate of drug-likeness (QED) is 0.887. The molecule has 2 nitrogen and oxygen atoms in total. The molecule has 2 rings (SSSR count). The van der Waals surface area contributed by atoms with Crippen molar-refractivity contribution in [2.24, 2.45) is 5.92 Å². The fourth-order valence-electron chi connectivity index (χ4n) is 2.49. The maximum Gasteiger partial charge on any atom is 0.140 e. The van der Waals surface area contributed by atoms with Gasteiger partial charge in [0.15, 0.2) is 0 Å². The highest BCUT2D eigenvalue weighted by Crippen LogP contribution is 2.23. The number of nitrogens with one attached hydrogen (secondary N) is 1. The Morgan fingerprint density at radius 1 is 1.33 bits per heavy atom. The zero-order valence-electron chi connectivity index (χ0n) is 10.7. The number of nitriles is 1. The summed E-state index contributed by atoms with van der Waals surface area (Å²) in [6.45, 7) is 3.02. The Balaban J connectivity index is 1.89. The third kappa shape index (κ3) is 3.30. The van der Waals surface area contributed by atoms with E-state index in [0.717, 1.165) is 11.5 Å². The lowest BCUT2D eigenvalue weighted by Gasteiger charge is -2.27. The van der Waals surface area contributed by atoms with Crippen LogP contribution in [0.15, 0.2) is 18.2 Å². The van der Waals surface area contributed by atoms with Crippen LogP contribution in [0.4, 0.5) is 4.39 Å². The van der Waals surface area contributed by atoms with E-state index in [1.165, 1.54) is 31.7 Å². The summed E-state index contributed by atoms with van der Waals surface area (Å²) < 4.78 is 13.2. The molecule has 0 spiro atoms. The van der Waals surface area contributed by atoms with Crippen molar-refractivity contribution in [2.45, 2.75) is 45.2 Å². The van der Waals surface area contributed by atoms with Gasteiger partial charge in [-0.3, -0.25) is 0 Å². The van der Waals surface area contributed by atoms with E-state index >= 15 is 0 Å². The first-order valence-corrected chi connectivity index (χ1v) is 6.61. The van der Waals surface area contributed by atoms with E-state index in [9.17, 15) is 4.39 Å². The molecule has 0 amide bonds. The zero-order valence-corrected chi connectivity index (χ0v) is 10.7. The molecule has 3 heteroatoms. The molecule has 1 fully saturated rings. The summed E-state index contributed by atoms with van der Waals surface area (Å²) in [5.74, 6) is 0.409. The van der Waals surface area contributed by atoms with Crippen LogP contribution in [0.3, 0.4) is 0 Å². The number of halogens is 1. The van der Waals surface area contributed by atoms with Gasteiger partial charge in [-0.05, 0) is 49.3 Å². The largest absolute Gasteiger partial charge is 0.310 e. The van der Waals surface area contributed by atoms with Crippen LogP contribution in [0.5, 0.6) is 0 Å². The van der Waals surface area contributed by atoms with Gasteiger partial charge < -0.3 is 5.32 Å². The zero-order chi connectivity index (χ0) is 13.0. The Kier molecular flexibility index (Phi) is 4.33. The molecule has 18 heavy (non-hydrogen) atoms. The Morgan fingerprint density at radius 3 is 2.72 bits per heavy atom. The predicted molar refractivity (Wildman–Crippen MR) is 69.4 cm³/mol. The highest BCUT2D eigenvalue weighted by Gasteiger charge is 2.17. The van der Waals surface area contributed by atoms with Gasteiger partial charge in [0.2, 0.25) is 0 Å². The second kappa shape index (κ2) is 5.97. The average molecular weight is 246 g/mol. The second-order valence-electron chi connectivity index (χ2n) is 5.26. The summed E-state index contributed by atoms with van der Waals surface area (Å²) >= 11 is 0. The highest BCUT2D eigenvalue weighted by atomic mass is 19.1. The first-order chi connectivity index (χ1) is 8.69. The van der Waals surface area contributed by atoms with Gasteiger partial charge in [0.05, 0.1) is 5.56 Å². The summed E-state index contributed by atoms with van der Waals surface area (Å²) in [5.41, 5.74) is 1.11. The van der Waals surface area contributed by atoms with Gasteiger partial charge in [-0.15, -0.1) is 0 Å². The van der Waals surface area contributed by atoms with Gasteiger partial charge in [0.25, 0.3) is 0 Å². The summed E-state index contributed by atoms with van der Waals surface area (Å²) in [6, 6.07) is 7.19. The van der Waals surface area contributed by atoms with Crippen LogP contribution in [0, 0.1) is 23.1 Å². The van der Waals surface area contributed by atoms with Crippen LogP contribution in [0.25, 0.3) is 0 Å². The summed E-state index contributed by atoms with van der Waals surface area (Å²) in [7, 11) is 0. The number of nitrogens with zero attached hydrogens (tertiary/aromatic N) is 1. The van der Waals surface area contributed by atoms with Crippen LogP contribution in [0.1, 0.15) is 43.7 Å². The SMILES string of the molecule is CC1CCC(NCc2ccc(F)c(C#N)c2)CC1. The van der Waals surface area contributed by atoms with Gasteiger partial charge >= 0.3 is 0 Å². The lowest BCUT2D eigenvalue weighted by atomic mass is 9.87. The molecule has 0 radical (unpaired) electrons. The lowest BCUT2D eigenvalue weighted by Crippen LogP contribution is -2.32. The van der Waals surface area contributed by atoms with Gasteiger partial charge in [-0.25, -0.2) is 4.39 Å². The Bertz CT molecular complexity index is 442. The molecule has 0 unspecified atom stereocenters.